The molecule has 1 amide bonds. The quantitative estimate of drug-likeness (QED) is 0.597. The summed E-state index contributed by atoms with van der Waals surface area (Å²) in [6.07, 6.45) is 8.23. The van der Waals surface area contributed by atoms with E-state index in [0.29, 0.717) is 23.2 Å². The smallest absolute Gasteiger partial charge is 0.408 e. The van der Waals surface area contributed by atoms with Gasteiger partial charge in [0.25, 0.3) is 0 Å². The molecule has 3 rings (SSSR count). The largest absolute Gasteiger partial charge is 0.417 e. The fourth-order valence-corrected chi connectivity index (χ4v) is 3.07. The Morgan fingerprint density at radius 2 is 2.08 bits per heavy atom. The molecule has 2 N–H and O–H groups in total. The minimum absolute atomic E-state index is 0.112. The molecule has 0 saturated carbocycles. The molecule has 0 radical (unpaired) electrons. The van der Waals surface area contributed by atoms with E-state index in [0.717, 1.165) is 19.3 Å². The number of allylic oxidation sites excluding steroid dienone is 1. The van der Waals surface area contributed by atoms with Crippen molar-refractivity contribution in [2.45, 2.75) is 44.9 Å². The van der Waals surface area contributed by atoms with Gasteiger partial charge in [-0.2, -0.15) is 0 Å². The number of H-pyrrole nitrogens is 1. The molecule has 0 aliphatic heterocycles. The van der Waals surface area contributed by atoms with Crippen LogP contribution in [0.5, 0.6) is 0 Å². The number of Topliss-reactive ketones (excluding diaryl/α,β-unsaturated/α-hetero) is 1. The molecule has 6 nitrogen and oxygen atoms in total. The van der Waals surface area contributed by atoms with Crippen molar-refractivity contribution in [1.82, 2.24) is 10.3 Å². The average Bonchev–Trinajstić information content (AvgIpc) is 2.99. The second kappa shape index (κ2) is 7.96. The highest BCUT2D eigenvalue weighted by Crippen LogP contribution is 2.19. The van der Waals surface area contributed by atoms with E-state index in [9.17, 15) is 14.4 Å². The van der Waals surface area contributed by atoms with Crippen molar-refractivity contribution in [2.75, 3.05) is 6.54 Å². The normalized spacial score (nSPS) is 14.3. The van der Waals surface area contributed by atoms with Crippen LogP contribution in [-0.2, 0) is 4.79 Å². The number of ketones is 1. The fourth-order valence-electron chi connectivity index (χ4n) is 3.07. The van der Waals surface area contributed by atoms with Crippen molar-refractivity contribution in [3.8, 4) is 0 Å². The predicted octanol–water partition coefficient (Wildman–Crippen LogP) is 3.09. The molecule has 0 spiro atoms. The summed E-state index contributed by atoms with van der Waals surface area (Å²) in [4.78, 5) is 37.7. The highest BCUT2D eigenvalue weighted by Gasteiger charge is 2.12. The highest BCUT2D eigenvalue weighted by atomic mass is 16.4. The topological polar surface area (TPSA) is 92.2 Å². The van der Waals surface area contributed by atoms with Crippen LogP contribution in [0.4, 0.5) is 0 Å². The SMILES string of the molecule is O=C(CCC(=O)c1ccc2[nH]c(=O)oc2c1)NCCC1=CCCCC1. The van der Waals surface area contributed by atoms with Gasteiger partial charge in [0.15, 0.2) is 11.4 Å². The number of oxazole rings is 1. The Hall–Kier alpha value is -2.63. The predicted molar refractivity (Wildman–Crippen MR) is 94.6 cm³/mol. The number of carbonyl (C=O) groups excluding carboxylic acids is 2. The summed E-state index contributed by atoms with van der Waals surface area (Å²) in [6.45, 7) is 0.624. The number of aromatic nitrogens is 1. The first-order valence-electron chi connectivity index (χ1n) is 8.72. The average molecular weight is 342 g/mol. The van der Waals surface area contributed by atoms with E-state index in [1.54, 1.807) is 12.1 Å². The number of hydrogen-bond acceptors (Lipinski definition) is 4. The number of nitrogens with one attached hydrogen (secondary N) is 2. The fraction of sp³-hybridized carbons (Fsp3) is 0.421. The van der Waals surface area contributed by atoms with Gasteiger partial charge >= 0.3 is 5.76 Å². The molecule has 132 valence electrons. The summed E-state index contributed by atoms with van der Waals surface area (Å²) in [6, 6.07) is 4.79. The van der Waals surface area contributed by atoms with Crippen molar-refractivity contribution >= 4 is 22.8 Å². The van der Waals surface area contributed by atoms with Crippen LogP contribution < -0.4 is 11.1 Å². The second-order valence-corrected chi connectivity index (χ2v) is 6.36. The van der Waals surface area contributed by atoms with Gasteiger partial charge in [0.05, 0.1) is 5.52 Å². The summed E-state index contributed by atoms with van der Waals surface area (Å²) in [5, 5.41) is 2.87. The number of carbonyl (C=O) groups is 2. The zero-order valence-electron chi connectivity index (χ0n) is 14.1. The molecule has 6 heteroatoms. The number of benzene rings is 1. The Morgan fingerprint density at radius 3 is 2.88 bits per heavy atom. The first-order chi connectivity index (χ1) is 12.1. The van der Waals surface area contributed by atoms with Crippen molar-refractivity contribution in [3.05, 3.63) is 46.0 Å². The van der Waals surface area contributed by atoms with Gasteiger partial charge in [-0.3, -0.25) is 14.6 Å². The Bertz CT molecular complexity index is 860. The van der Waals surface area contributed by atoms with E-state index in [2.05, 4.69) is 16.4 Å². The lowest BCUT2D eigenvalue weighted by Crippen LogP contribution is -2.25. The molecule has 2 aromatic rings. The van der Waals surface area contributed by atoms with Gasteiger partial charge < -0.3 is 9.73 Å². The number of amides is 1. The van der Waals surface area contributed by atoms with E-state index < -0.39 is 5.76 Å². The first-order valence-corrected chi connectivity index (χ1v) is 8.72. The van der Waals surface area contributed by atoms with Crippen LogP contribution in [-0.4, -0.2) is 23.2 Å². The number of rotatable bonds is 7. The molecule has 25 heavy (non-hydrogen) atoms. The molecule has 1 aromatic heterocycles. The third-order valence-electron chi connectivity index (χ3n) is 4.48. The van der Waals surface area contributed by atoms with Crippen LogP contribution in [0, 0.1) is 0 Å². The van der Waals surface area contributed by atoms with Crippen molar-refractivity contribution in [2.24, 2.45) is 0 Å². The van der Waals surface area contributed by atoms with Gasteiger partial charge in [-0.25, -0.2) is 4.79 Å². The third-order valence-corrected chi connectivity index (χ3v) is 4.48. The van der Waals surface area contributed by atoms with Crippen LogP contribution in [0.3, 0.4) is 0 Å². The zero-order valence-corrected chi connectivity index (χ0v) is 14.1. The van der Waals surface area contributed by atoms with Crippen LogP contribution in [0.1, 0.15) is 55.3 Å². The lowest BCUT2D eigenvalue weighted by atomic mass is 9.97. The Morgan fingerprint density at radius 1 is 1.20 bits per heavy atom. The highest BCUT2D eigenvalue weighted by molar-refractivity contribution is 6.00. The molecular weight excluding hydrogens is 320 g/mol. The lowest BCUT2D eigenvalue weighted by molar-refractivity contribution is -0.121. The van der Waals surface area contributed by atoms with Crippen molar-refractivity contribution in [1.29, 1.82) is 0 Å². The van der Waals surface area contributed by atoms with Crippen LogP contribution in [0.25, 0.3) is 11.1 Å². The molecule has 1 aliphatic rings. The van der Waals surface area contributed by atoms with Crippen molar-refractivity contribution < 1.29 is 14.0 Å². The molecule has 0 fully saturated rings. The monoisotopic (exact) mass is 342 g/mol. The van der Waals surface area contributed by atoms with E-state index in [1.165, 1.54) is 24.5 Å². The standard InChI is InChI=1S/C19H22N2O4/c22-16(14-6-7-15-17(12-14)25-19(24)21-15)8-9-18(23)20-11-10-13-4-2-1-3-5-13/h4,6-7,12H,1-3,5,8-11H2,(H,20,23)(H,21,24). The molecule has 0 atom stereocenters. The number of hydrogen-bond donors (Lipinski definition) is 2. The molecule has 1 aliphatic carbocycles. The van der Waals surface area contributed by atoms with Gasteiger partial charge in [0.1, 0.15) is 0 Å². The lowest BCUT2D eigenvalue weighted by Gasteiger charge is -2.12. The molecule has 0 unspecified atom stereocenters. The molecule has 1 heterocycles. The number of fused-ring (bicyclic) bond motifs is 1. The summed E-state index contributed by atoms with van der Waals surface area (Å²) >= 11 is 0. The minimum atomic E-state index is -0.549. The van der Waals surface area contributed by atoms with Gasteiger partial charge in [-0.15, -0.1) is 0 Å². The molecule has 1 aromatic carbocycles. The van der Waals surface area contributed by atoms with E-state index in [1.807, 2.05) is 0 Å². The van der Waals surface area contributed by atoms with E-state index in [4.69, 9.17) is 4.42 Å². The van der Waals surface area contributed by atoms with Crippen molar-refractivity contribution in [3.63, 3.8) is 0 Å². The third kappa shape index (κ3) is 4.68. The van der Waals surface area contributed by atoms with Crippen LogP contribution in [0.15, 0.2) is 39.1 Å². The summed E-state index contributed by atoms with van der Waals surface area (Å²) in [5.41, 5.74) is 2.76. The summed E-state index contributed by atoms with van der Waals surface area (Å²) in [7, 11) is 0. The van der Waals surface area contributed by atoms with Gasteiger partial charge in [-0.05, 0) is 50.3 Å². The zero-order chi connectivity index (χ0) is 17.6. The van der Waals surface area contributed by atoms with Crippen LogP contribution >= 0.6 is 0 Å². The first kappa shape index (κ1) is 17.2. The summed E-state index contributed by atoms with van der Waals surface area (Å²) < 4.78 is 4.95. The molecule has 0 bridgehead atoms. The molecular formula is C19H22N2O4. The van der Waals surface area contributed by atoms with Gasteiger partial charge in [0, 0.05) is 24.9 Å². The number of aromatic amines is 1. The maximum absolute atomic E-state index is 12.2. The van der Waals surface area contributed by atoms with E-state index in [-0.39, 0.29) is 24.5 Å². The maximum Gasteiger partial charge on any atom is 0.417 e. The molecule has 0 saturated heterocycles. The minimum Gasteiger partial charge on any atom is -0.408 e. The summed E-state index contributed by atoms with van der Waals surface area (Å²) in [5.74, 6) is -0.804. The second-order valence-electron chi connectivity index (χ2n) is 6.36. The Kier molecular flexibility index (Phi) is 5.48. The Balaban J connectivity index is 1.45. The Labute approximate surface area is 145 Å². The van der Waals surface area contributed by atoms with Gasteiger partial charge in [-0.1, -0.05) is 11.6 Å². The van der Waals surface area contributed by atoms with Crippen LogP contribution in [0.2, 0.25) is 0 Å². The maximum atomic E-state index is 12.2. The van der Waals surface area contributed by atoms with E-state index >= 15 is 0 Å². The van der Waals surface area contributed by atoms with Gasteiger partial charge in [0.2, 0.25) is 5.91 Å².